The summed E-state index contributed by atoms with van der Waals surface area (Å²) in [6, 6.07) is 0. The topological polar surface area (TPSA) is 115 Å². The van der Waals surface area contributed by atoms with Crippen LogP contribution in [0.1, 0.15) is 107 Å². The molecule has 4 aliphatic rings. The van der Waals surface area contributed by atoms with Crippen molar-refractivity contribution in [3.63, 3.8) is 0 Å². The average molecular weight is 509 g/mol. The average Bonchev–Trinajstić information content (AvgIpc) is 2.73. The van der Waals surface area contributed by atoms with E-state index in [0.29, 0.717) is 49.1 Å². The van der Waals surface area contributed by atoms with E-state index in [1.807, 2.05) is 0 Å². The Hall–Kier alpha value is -0.820. The van der Waals surface area contributed by atoms with Crippen molar-refractivity contribution in [3.8, 4) is 0 Å². The van der Waals surface area contributed by atoms with Crippen LogP contribution >= 0.6 is 0 Å². The van der Waals surface area contributed by atoms with Gasteiger partial charge in [-0.25, -0.2) is 0 Å². The van der Waals surface area contributed by atoms with Crippen LogP contribution in [0.2, 0.25) is 0 Å². The lowest BCUT2D eigenvalue weighted by Gasteiger charge is -2.55. The summed E-state index contributed by atoms with van der Waals surface area (Å²) in [6.45, 7) is 16.0. The van der Waals surface area contributed by atoms with Gasteiger partial charge in [-0.3, -0.25) is 9.59 Å². The molecule has 4 fully saturated rings. The smallest absolute Gasteiger partial charge is 0.136 e. The van der Waals surface area contributed by atoms with Crippen LogP contribution in [0.3, 0.4) is 0 Å². The maximum Gasteiger partial charge on any atom is 0.136 e. The number of aliphatic hydroxyl groups excluding tert-OH is 2. The molecule has 36 heavy (non-hydrogen) atoms. The summed E-state index contributed by atoms with van der Waals surface area (Å²) in [5.74, 6) is 1.46. The Morgan fingerprint density at radius 1 is 0.667 bits per heavy atom. The Morgan fingerprint density at radius 3 is 1.25 bits per heavy atom. The highest BCUT2D eigenvalue weighted by Gasteiger charge is 2.58. The molecule has 4 N–H and O–H groups in total. The van der Waals surface area contributed by atoms with Crippen molar-refractivity contribution in [3.05, 3.63) is 0 Å². The number of fused-ring (bicyclic) bond motifs is 2. The van der Waals surface area contributed by atoms with Gasteiger partial charge in [0.25, 0.3) is 0 Å². The minimum absolute atomic E-state index is 0.0267. The van der Waals surface area contributed by atoms with Gasteiger partial charge in [0.05, 0.1) is 23.4 Å². The Morgan fingerprint density at radius 2 is 0.972 bits per heavy atom. The molecule has 0 bridgehead atoms. The molecule has 0 amide bonds. The van der Waals surface area contributed by atoms with E-state index in [0.717, 1.165) is 25.7 Å². The third-order valence-electron chi connectivity index (χ3n) is 11.0. The Balaban J connectivity index is 0.000000201. The molecule has 0 aromatic heterocycles. The highest BCUT2D eigenvalue weighted by Crippen LogP contribution is 2.56. The molecule has 4 saturated carbocycles. The van der Waals surface area contributed by atoms with Crippen molar-refractivity contribution in [1.82, 2.24) is 0 Å². The van der Waals surface area contributed by atoms with E-state index in [9.17, 15) is 30.0 Å². The SMILES string of the molecule is CC(C)[C@@H]1C[C@H]2[C@@](C)(CC[C@@H](O)[C@@]2(C)O)CC1=O.CC(C)[C@H]1C[C@@H]2[C@](C)(CC[C@H](O)[C@]2(C)O)CC1=O. The van der Waals surface area contributed by atoms with Gasteiger partial charge in [0.15, 0.2) is 0 Å². The van der Waals surface area contributed by atoms with Crippen molar-refractivity contribution in [2.75, 3.05) is 0 Å². The number of ketones is 2. The molecule has 0 aromatic rings. The van der Waals surface area contributed by atoms with E-state index in [-0.39, 0.29) is 34.5 Å². The molecule has 0 aliphatic heterocycles. The number of Topliss-reactive ketones (excluding diaryl/α,β-unsaturated/α-hetero) is 2. The van der Waals surface area contributed by atoms with Crippen LogP contribution in [-0.2, 0) is 9.59 Å². The Bertz CT molecular complexity index is 763. The number of rotatable bonds is 2. The first-order valence-electron chi connectivity index (χ1n) is 14.2. The van der Waals surface area contributed by atoms with Crippen LogP contribution in [0, 0.1) is 46.3 Å². The molecule has 0 saturated heterocycles. The largest absolute Gasteiger partial charge is 0.390 e. The van der Waals surface area contributed by atoms with E-state index in [4.69, 9.17) is 0 Å². The molecule has 0 heterocycles. The second-order valence-corrected chi connectivity index (χ2v) is 14.4. The molecule has 10 atom stereocenters. The second kappa shape index (κ2) is 10.1. The van der Waals surface area contributed by atoms with E-state index in [1.165, 1.54) is 0 Å². The third-order valence-corrected chi connectivity index (χ3v) is 11.0. The molecule has 4 aliphatic carbocycles. The lowest BCUT2D eigenvalue weighted by molar-refractivity contribution is -0.188. The maximum absolute atomic E-state index is 12.2. The van der Waals surface area contributed by atoms with Gasteiger partial charge in [0, 0.05) is 24.7 Å². The van der Waals surface area contributed by atoms with Crippen molar-refractivity contribution >= 4 is 11.6 Å². The summed E-state index contributed by atoms with van der Waals surface area (Å²) in [6.07, 6.45) is 4.12. The number of aliphatic hydroxyl groups is 4. The lowest BCUT2D eigenvalue weighted by Crippen LogP contribution is -2.60. The first kappa shape index (κ1) is 29.7. The summed E-state index contributed by atoms with van der Waals surface area (Å²) in [5.41, 5.74) is -2.38. The summed E-state index contributed by atoms with van der Waals surface area (Å²) in [4.78, 5) is 24.5. The summed E-state index contributed by atoms with van der Waals surface area (Å²) < 4.78 is 0. The fourth-order valence-corrected chi connectivity index (χ4v) is 8.33. The molecular formula is C30H52O6. The van der Waals surface area contributed by atoms with E-state index in [1.54, 1.807) is 13.8 Å². The fraction of sp³-hybridized carbons (Fsp3) is 0.933. The second-order valence-electron chi connectivity index (χ2n) is 14.4. The van der Waals surface area contributed by atoms with Crippen LogP contribution in [0.15, 0.2) is 0 Å². The van der Waals surface area contributed by atoms with Gasteiger partial charge in [-0.2, -0.15) is 0 Å². The molecule has 0 unspecified atom stereocenters. The first-order chi connectivity index (χ1) is 16.4. The molecular weight excluding hydrogens is 456 g/mol. The molecule has 0 spiro atoms. The number of carbonyl (C=O) groups is 2. The normalized spacial score (nSPS) is 49.3. The Labute approximate surface area is 218 Å². The molecule has 6 heteroatoms. The van der Waals surface area contributed by atoms with Crippen LogP contribution in [0.4, 0.5) is 0 Å². The van der Waals surface area contributed by atoms with Gasteiger partial charge in [-0.1, -0.05) is 41.5 Å². The quantitative estimate of drug-likeness (QED) is 0.442. The van der Waals surface area contributed by atoms with Gasteiger partial charge >= 0.3 is 0 Å². The predicted octanol–water partition coefficient (Wildman–Crippen LogP) is 4.30. The molecule has 4 rings (SSSR count). The van der Waals surface area contributed by atoms with E-state index >= 15 is 0 Å². The third kappa shape index (κ3) is 5.21. The maximum atomic E-state index is 12.2. The summed E-state index contributed by atoms with van der Waals surface area (Å²) in [5, 5.41) is 41.3. The number of hydrogen-bond donors (Lipinski definition) is 4. The predicted molar refractivity (Wildman–Crippen MR) is 140 cm³/mol. The first-order valence-corrected chi connectivity index (χ1v) is 14.2. The van der Waals surface area contributed by atoms with Gasteiger partial charge in [-0.15, -0.1) is 0 Å². The summed E-state index contributed by atoms with van der Waals surface area (Å²) in [7, 11) is 0. The highest BCUT2D eigenvalue weighted by molar-refractivity contribution is 5.83. The zero-order chi connectivity index (χ0) is 27.4. The van der Waals surface area contributed by atoms with Crippen molar-refractivity contribution in [2.45, 2.75) is 130 Å². The monoisotopic (exact) mass is 508 g/mol. The Kier molecular flexibility index (Phi) is 8.30. The standard InChI is InChI=1S/2C15H26O3/c2*1-9(2)10-7-12-14(3,8-11(10)16)6-5-13(17)15(12,4)18/h2*9-10,12-13,17-18H,5-8H2,1-4H3/t2*10-,12-,13+,14-,15-/m10/s1. The number of hydrogen-bond acceptors (Lipinski definition) is 6. The molecule has 0 radical (unpaired) electrons. The number of carbonyl (C=O) groups excluding carboxylic acids is 2. The zero-order valence-electron chi connectivity index (χ0n) is 23.9. The van der Waals surface area contributed by atoms with Crippen LogP contribution in [0.5, 0.6) is 0 Å². The minimum Gasteiger partial charge on any atom is -0.390 e. The van der Waals surface area contributed by atoms with Gasteiger partial charge < -0.3 is 20.4 Å². The molecule has 208 valence electrons. The summed E-state index contributed by atoms with van der Waals surface area (Å²) >= 11 is 0. The minimum atomic E-state index is -1.05. The lowest BCUT2D eigenvalue weighted by atomic mass is 9.51. The van der Waals surface area contributed by atoms with E-state index in [2.05, 4.69) is 41.5 Å². The van der Waals surface area contributed by atoms with Gasteiger partial charge in [0.2, 0.25) is 0 Å². The van der Waals surface area contributed by atoms with Crippen molar-refractivity contribution < 1.29 is 30.0 Å². The fourth-order valence-electron chi connectivity index (χ4n) is 8.33. The van der Waals surface area contributed by atoms with Crippen molar-refractivity contribution in [2.24, 2.45) is 46.3 Å². The van der Waals surface area contributed by atoms with Crippen molar-refractivity contribution in [1.29, 1.82) is 0 Å². The van der Waals surface area contributed by atoms with Gasteiger partial charge in [0.1, 0.15) is 11.6 Å². The van der Waals surface area contributed by atoms with Crippen LogP contribution < -0.4 is 0 Å². The van der Waals surface area contributed by atoms with Gasteiger partial charge in [-0.05, 0) is 86.9 Å². The van der Waals surface area contributed by atoms with E-state index < -0.39 is 23.4 Å². The zero-order valence-corrected chi connectivity index (χ0v) is 23.9. The van der Waals surface area contributed by atoms with Crippen LogP contribution in [-0.4, -0.2) is 55.4 Å². The highest BCUT2D eigenvalue weighted by atomic mass is 16.3. The van der Waals surface area contributed by atoms with Crippen LogP contribution in [0.25, 0.3) is 0 Å². The molecule has 0 aromatic carbocycles. The molecule has 6 nitrogen and oxygen atoms in total.